The van der Waals surface area contributed by atoms with Gasteiger partial charge in [0.15, 0.2) is 0 Å². The van der Waals surface area contributed by atoms with Crippen LogP contribution in [0.2, 0.25) is 0 Å². The van der Waals surface area contributed by atoms with E-state index in [-0.39, 0.29) is 0 Å². The van der Waals surface area contributed by atoms with Crippen molar-refractivity contribution in [3.05, 3.63) is 36.0 Å². The molecule has 0 aliphatic carbocycles. The highest BCUT2D eigenvalue weighted by Gasteiger charge is 2.02. The van der Waals surface area contributed by atoms with Gasteiger partial charge in [0.1, 0.15) is 0 Å². The summed E-state index contributed by atoms with van der Waals surface area (Å²) in [6.45, 7) is 5.65. The van der Waals surface area contributed by atoms with E-state index in [9.17, 15) is 0 Å². The summed E-state index contributed by atoms with van der Waals surface area (Å²) in [6.07, 6.45) is 13.4. The molecule has 110 valence electrons. The van der Waals surface area contributed by atoms with Crippen LogP contribution in [0.15, 0.2) is 30.5 Å². The van der Waals surface area contributed by atoms with Crippen LogP contribution in [0.5, 0.6) is 0 Å². The summed E-state index contributed by atoms with van der Waals surface area (Å²) < 4.78 is 2.42. The van der Waals surface area contributed by atoms with Gasteiger partial charge in [0.05, 0.1) is 0 Å². The van der Waals surface area contributed by atoms with Crippen molar-refractivity contribution < 1.29 is 0 Å². The van der Waals surface area contributed by atoms with E-state index in [1.807, 2.05) is 0 Å². The molecule has 0 atom stereocenters. The van der Waals surface area contributed by atoms with E-state index >= 15 is 0 Å². The number of rotatable bonds is 9. The number of aromatic nitrogens is 1. The first-order valence-electron chi connectivity index (χ1n) is 8.37. The van der Waals surface area contributed by atoms with E-state index in [4.69, 9.17) is 0 Å². The molecule has 2 rings (SSSR count). The number of nitrogens with zero attached hydrogens (tertiary/aromatic N) is 1. The second kappa shape index (κ2) is 8.14. The number of fused-ring (bicyclic) bond motifs is 1. The number of hydrogen-bond acceptors (Lipinski definition) is 0. The van der Waals surface area contributed by atoms with E-state index < -0.39 is 0 Å². The molecule has 1 aromatic heterocycles. The molecule has 0 N–H and O–H groups in total. The fraction of sp³-hybridized carbons (Fsp3) is 0.579. The molecule has 1 nitrogen and oxygen atoms in total. The van der Waals surface area contributed by atoms with Crippen LogP contribution in [0.25, 0.3) is 10.9 Å². The second-order valence-corrected chi connectivity index (χ2v) is 5.99. The molecule has 0 fully saturated rings. The standard InChI is InChI=1S/C19H29N/c1-3-4-5-6-7-8-9-10-15-20-16-14-18-17(2)12-11-13-19(18)20/h11-14,16H,3-10,15H2,1-2H3. The highest BCUT2D eigenvalue weighted by atomic mass is 14.9. The summed E-state index contributed by atoms with van der Waals surface area (Å²) in [4.78, 5) is 0. The Hall–Kier alpha value is -1.24. The van der Waals surface area contributed by atoms with Gasteiger partial charge in [-0.25, -0.2) is 0 Å². The van der Waals surface area contributed by atoms with Crippen LogP contribution in [0.4, 0.5) is 0 Å². The minimum Gasteiger partial charge on any atom is -0.347 e. The SMILES string of the molecule is CCCCCCCCCCn1ccc2c(C)cccc21. The summed E-state index contributed by atoms with van der Waals surface area (Å²) >= 11 is 0. The minimum atomic E-state index is 1.17. The number of unbranched alkanes of at least 4 members (excludes halogenated alkanes) is 7. The average Bonchev–Trinajstić information content (AvgIpc) is 2.87. The fourth-order valence-corrected chi connectivity index (χ4v) is 2.99. The van der Waals surface area contributed by atoms with Crippen LogP contribution in [-0.2, 0) is 6.54 Å². The summed E-state index contributed by atoms with van der Waals surface area (Å²) in [6, 6.07) is 8.87. The molecule has 0 saturated heterocycles. The van der Waals surface area contributed by atoms with Crippen molar-refractivity contribution in [2.24, 2.45) is 0 Å². The summed E-state index contributed by atoms with van der Waals surface area (Å²) in [5, 5.41) is 1.41. The zero-order chi connectivity index (χ0) is 14.2. The van der Waals surface area contributed by atoms with Gasteiger partial charge in [-0.2, -0.15) is 0 Å². The molecule has 2 aromatic rings. The van der Waals surface area contributed by atoms with Gasteiger partial charge in [-0.1, -0.05) is 64.0 Å². The van der Waals surface area contributed by atoms with Crippen molar-refractivity contribution in [2.45, 2.75) is 71.8 Å². The molecule has 20 heavy (non-hydrogen) atoms. The van der Waals surface area contributed by atoms with Crippen LogP contribution >= 0.6 is 0 Å². The Kier molecular flexibility index (Phi) is 6.17. The van der Waals surface area contributed by atoms with Crippen molar-refractivity contribution in [3.8, 4) is 0 Å². The summed E-state index contributed by atoms with van der Waals surface area (Å²) in [5.41, 5.74) is 2.78. The Morgan fingerprint density at radius 3 is 2.30 bits per heavy atom. The molecule has 0 aliphatic heterocycles. The molecule has 1 heterocycles. The molecular formula is C19H29N. The molecule has 0 aliphatic rings. The lowest BCUT2D eigenvalue weighted by Crippen LogP contribution is -1.96. The zero-order valence-corrected chi connectivity index (χ0v) is 13.2. The molecule has 0 bridgehead atoms. The highest BCUT2D eigenvalue weighted by Crippen LogP contribution is 2.20. The topological polar surface area (TPSA) is 4.93 Å². The van der Waals surface area contributed by atoms with Gasteiger partial charge in [-0.3, -0.25) is 0 Å². The smallest absolute Gasteiger partial charge is 0.0482 e. The largest absolute Gasteiger partial charge is 0.347 e. The Labute approximate surface area is 124 Å². The number of benzene rings is 1. The second-order valence-electron chi connectivity index (χ2n) is 5.99. The Morgan fingerprint density at radius 1 is 0.850 bits per heavy atom. The maximum absolute atomic E-state index is 2.42. The van der Waals surface area contributed by atoms with Gasteiger partial charge >= 0.3 is 0 Å². The van der Waals surface area contributed by atoms with E-state index in [0.717, 1.165) is 0 Å². The molecule has 0 spiro atoms. The Bertz CT molecular complexity index is 509. The minimum absolute atomic E-state index is 1.17. The normalized spacial score (nSPS) is 11.3. The lowest BCUT2D eigenvalue weighted by molar-refractivity contribution is 0.549. The molecule has 1 aromatic carbocycles. The Balaban J connectivity index is 1.70. The van der Waals surface area contributed by atoms with Crippen molar-refractivity contribution in [2.75, 3.05) is 0 Å². The molecule has 0 unspecified atom stereocenters. The molecular weight excluding hydrogens is 242 g/mol. The molecule has 0 saturated carbocycles. The van der Waals surface area contributed by atoms with E-state index in [2.05, 4.69) is 48.9 Å². The lowest BCUT2D eigenvalue weighted by Gasteiger charge is -2.06. The van der Waals surface area contributed by atoms with E-state index in [0.29, 0.717) is 0 Å². The van der Waals surface area contributed by atoms with Gasteiger partial charge in [0.25, 0.3) is 0 Å². The maximum atomic E-state index is 2.42. The van der Waals surface area contributed by atoms with Gasteiger partial charge in [0, 0.05) is 23.6 Å². The average molecular weight is 271 g/mol. The first-order chi connectivity index (χ1) is 9.83. The zero-order valence-electron chi connectivity index (χ0n) is 13.2. The van der Waals surface area contributed by atoms with Crippen LogP contribution in [-0.4, -0.2) is 4.57 Å². The van der Waals surface area contributed by atoms with Crippen LogP contribution < -0.4 is 0 Å². The highest BCUT2D eigenvalue weighted by molar-refractivity contribution is 5.83. The predicted octanol–water partition coefficient (Wildman–Crippen LogP) is 6.09. The first kappa shape index (κ1) is 15.2. The molecule has 0 amide bonds. The van der Waals surface area contributed by atoms with Crippen molar-refractivity contribution in [1.82, 2.24) is 4.57 Å². The van der Waals surface area contributed by atoms with Crippen molar-refractivity contribution >= 4 is 10.9 Å². The number of aryl methyl sites for hydroxylation is 2. The third-order valence-corrected chi connectivity index (χ3v) is 4.28. The quantitative estimate of drug-likeness (QED) is 0.486. The van der Waals surface area contributed by atoms with Crippen LogP contribution in [0.1, 0.15) is 63.9 Å². The fourth-order valence-electron chi connectivity index (χ4n) is 2.99. The lowest BCUT2D eigenvalue weighted by atomic mass is 10.1. The monoisotopic (exact) mass is 271 g/mol. The van der Waals surface area contributed by atoms with Crippen LogP contribution in [0.3, 0.4) is 0 Å². The summed E-state index contributed by atoms with van der Waals surface area (Å²) in [7, 11) is 0. The molecule has 0 radical (unpaired) electrons. The van der Waals surface area contributed by atoms with Crippen molar-refractivity contribution in [1.29, 1.82) is 0 Å². The van der Waals surface area contributed by atoms with Gasteiger partial charge in [-0.05, 0) is 31.0 Å². The third kappa shape index (κ3) is 4.13. The molecule has 1 heteroatoms. The van der Waals surface area contributed by atoms with E-state index in [1.165, 1.54) is 74.4 Å². The first-order valence-corrected chi connectivity index (χ1v) is 8.37. The van der Waals surface area contributed by atoms with E-state index in [1.54, 1.807) is 0 Å². The third-order valence-electron chi connectivity index (χ3n) is 4.28. The predicted molar refractivity (Wildman–Crippen MR) is 89.3 cm³/mol. The van der Waals surface area contributed by atoms with Gasteiger partial charge in [0.2, 0.25) is 0 Å². The Morgan fingerprint density at radius 2 is 1.55 bits per heavy atom. The van der Waals surface area contributed by atoms with Crippen molar-refractivity contribution in [3.63, 3.8) is 0 Å². The number of hydrogen-bond donors (Lipinski definition) is 0. The van der Waals surface area contributed by atoms with Gasteiger partial charge < -0.3 is 4.57 Å². The van der Waals surface area contributed by atoms with Gasteiger partial charge in [-0.15, -0.1) is 0 Å². The summed E-state index contributed by atoms with van der Waals surface area (Å²) in [5.74, 6) is 0. The maximum Gasteiger partial charge on any atom is 0.0482 e. The van der Waals surface area contributed by atoms with Crippen LogP contribution in [0, 0.1) is 6.92 Å².